The zero-order chi connectivity index (χ0) is 19.4. The Labute approximate surface area is 172 Å². The zero-order valence-corrected chi connectivity index (χ0v) is 17.3. The van der Waals surface area contributed by atoms with E-state index in [9.17, 15) is 4.79 Å². The van der Waals surface area contributed by atoms with Crippen LogP contribution in [0.25, 0.3) is 5.65 Å². The van der Waals surface area contributed by atoms with E-state index >= 15 is 0 Å². The molecule has 5 aliphatic rings. The van der Waals surface area contributed by atoms with Gasteiger partial charge in [-0.2, -0.15) is 0 Å². The van der Waals surface area contributed by atoms with E-state index < -0.39 is 0 Å². The van der Waals surface area contributed by atoms with Crippen molar-refractivity contribution in [2.24, 2.45) is 23.2 Å². The molecule has 0 spiro atoms. The third-order valence-electron chi connectivity index (χ3n) is 8.15. The number of carbonyl (C=O) groups excluding carboxylic acids is 1. The Bertz CT molecular complexity index is 891. The summed E-state index contributed by atoms with van der Waals surface area (Å²) in [7, 11) is 0. The van der Waals surface area contributed by atoms with E-state index in [1.165, 1.54) is 51.4 Å². The first-order valence-corrected chi connectivity index (χ1v) is 11.6. The highest BCUT2D eigenvalue weighted by molar-refractivity contribution is 5.93. The highest BCUT2D eigenvalue weighted by atomic mass is 16.1. The van der Waals surface area contributed by atoms with Crippen molar-refractivity contribution in [3.63, 3.8) is 0 Å². The van der Waals surface area contributed by atoms with Gasteiger partial charge in [0.25, 0.3) is 5.91 Å². The molecular formula is C24H32N4O. The molecule has 3 heterocycles. The number of pyridine rings is 1. The van der Waals surface area contributed by atoms with E-state index in [4.69, 9.17) is 4.98 Å². The predicted octanol–water partition coefficient (Wildman–Crippen LogP) is 3.88. The Morgan fingerprint density at radius 3 is 2.45 bits per heavy atom. The lowest BCUT2D eigenvalue weighted by Gasteiger charge is -2.56. The molecule has 0 atom stereocenters. The molecule has 1 saturated heterocycles. The monoisotopic (exact) mass is 392 g/mol. The summed E-state index contributed by atoms with van der Waals surface area (Å²) in [6.45, 7) is 4.05. The van der Waals surface area contributed by atoms with Crippen molar-refractivity contribution in [1.82, 2.24) is 19.6 Å². The highest BCUT2D eigenvalue weighted by Crippen LogP contribution is 2.59. The molecule has 4 bridgehead atoms. The van der Waals surface area contributed by atoms with Crippen LogP contribution < -0.4 is 5.32 Å². The summed E-state index contributed by atoms with van der Waals surface area (Å²) in [5, 5.41) is 3.33. The zero-order valence-electron chi connectivity index (χ0n) is 17.3. The number of likely N-dealkylation sites (tertiary alicyclic amines) is 1. The average molecular weight is 393 g/mol. The van der Waals surface area contributed by atoms with Crippen LogP contribution in [0.3, 0.4) is 0 Å². The van der Waals surface area contributed by atoms with Crippen LogP contribution in [0.1, 0.15) is 67.5 Å². The number of hydrogen-bond acceptors (Lipinski definition) is 3. The molecule has 7 rings (SSSR count). The maximum absolute atomic E-state index is 13.1. The number of nitrogens with one attached hydrogen (secondary N) is 1. The van der Waals surface area contributed by atoms with Crippen LogP contribution in [0.4, 0.5) is 0 Å². The first-order valence-electron chi connectivity index (χ1n) is 11.6. The van der Waals surface area contributed by atoms with Crippen molar-refractivity contribution in [3.8, 4) is 0 Å². The summed E-state index contributed by atoms with van der Waals surface area (Å²) in [5.41, 5.74) is 3.02. The Morgan fingerprint density at radius 2 is 1.76 bits per heavy atom. The molecule has 1 N–H and O–H groups in total. The second-order valence-corrected chi connectivity index (χ2v) is 10.5. The fourth-order valence-electron chi connectivity index (χ4n) is 7.36. The summed E-state index contributed by atoms with van der Waals surface area (Å²) in [4.78, 5) is 20.4. The van der Waals surface area contributed by atoms with E-state index in [-0.39, 0.29) is 5.91 Å². The molecule has 5 fully saturated rings. The lowest BCUT2D eigenvalue weighted by atomic mass is 9.49. The van der Waals surface area contributed by atoms with Crippen LogP contribution in [0.2, 0.25) is 0 Å². The largest absolute Gasteiger partial charge is 0.350 e. The molecule has 4 saturated carbocycles. The fraction of sp³-hybridized carbons (Fsp3) is 0.667. The SMILES string of the molecule is O=C(NCC12CC3CC(CC(C3)C1)C2)c1cccc2nc(CN3CCCC3)cn12. The van der Waals surface area contributed by atoms with Crippen molar-refractivity contribution in [2.45, 2.75) is 57.9 Å². The van der Waals surface area contributed by atoms with E-state index in [0.717, 1.165) is 55.3 Å². The summed E-state index contributed by atoms with van der Waals surface area (Å²) in [6.07, 6.45) is 13.0. The summed E-state index contributed by atoms with van der Waals surface area (Å²) >= 11 is 0. The van der Waals surface area contributed by atoms with Gasteiger partial charge in [-0.25, -0.2) is 4.98 Å². The summed E-state index contributed by atoms with van der Waals surface area (Å²) in [6, 6.07) is 5.90. The molecule has 154 valence electrons. The third-order valence-corrected chi connectivity index (χ3v) is 8.15. The lowest BCUT2D eigenvalue weighted by molar-refractivity contribution is -0.0503. The molecular weight excluding hydrogens is 360 g/mol. The Balaban J connectivity index is 1.18. The normalized spacial score (nSPS) is 33.6. The number of aromatic nitrogens is 2. The van der Waals surface area contributed by atoms with Gasteiger partial charge in [0.1, 0.15) is 11.3 Å². The van der Waals surface area contributed by atoms with Gasteiger partial charge in [0, 0.05) is 19.3 Å². The lowest BCUT2D eigenvalue weighted by Crippen LogP contribution is -2.51. The molecule has 4 aliphatic carbocycles. The number of rotatable bonds is 5. The van der Waals surface area contributed by atoms with Crippen LogP contribution in [0, 0.1) is 23.2 Å². The molecule has 0 aromatic carbocycles. The van der Waals surface area contributed by atoms with Crippen LogP contribution in [0.5, 0.6) is 0 Å². The minimum absolute atomic E-state index is 0.0523. The molecule has 5 heteroatoms. The molecule has 0 radical (unpaired) electrons. The van der Waals surface area contributed by atoms with Gasteiger partial charge in [-0.3, -0.25) is 14.1 Å². The van der Waals surface area contributed by atoms with Gasteiger partial charge in [-0.15, -0.1) is 0 Å². The van der Waals surface area contributed by atoms with Crippen LogP contribution in [-0.2, 0) is 6.54 Å². The summed E-state index contributed by atoms with van der Waals surface area (Å²) in [5.74, 6) is 2.81. The molecule has 29 heavy (non-hydrogen) atoms. The van der Waals surface area contributed by atoms with E-state index in [2.05, 4.69) is 16.4 Å². The number of nitrogens with zero attached hydrogens (tertiary/aromatic N) is 3. The van der Waals surface area contributed by atoms with Crippen LogP contribution in [0.15, 0.2) is 24.4 Å². The number of hydrogen-bond donors (Lipinski definition) is 1. The predicted molar refractivity (Wildman–Crippen MR) is 113 cm³/mol. The number of amides is 1. The van der Waals surface area contributed by atoms with Gasteiger partial charge in [-0.1, -0.05) is 6.07 Å². The summed E-state index contributed by atoms with van der Waals surface area (Å²) < 4.78 is 1.99. The standard InChI is InChI=1S/C24H32N4O/c29-23(25-16-24-11-17-8-18(12-24)10-19(9-17)13-24)21-4-3-5-22-26-20(15-28(21)22)14-27-6-1-2-7-27/h3-5,15,17-19H,1-2,6-14,16H2,(H,25,29). The fourth-order valence-corrected chi connectivity index (χ4v) is 7.36. The smallest absolute Gasteiger partial charge is 0.268 e. The van der Waals surface area contributed by atoms with Gasteiger partial charge in [0.2, 0.25) is 0 Å². The van der Waals surface area contributed by atoms with Crippen molar-refractivity contribution >= 4 is 11.6 Å². The molecule has 0 unspecified atom stereocenters. The maximum atomic E-state index is 13.1. The molecule has 1 aliphatic heterocycles. The van der Waals surface area contributed by atoms with Crippen molar-refractivity contribution < 1.29 is 4.79 Å². The number of fused-ring (bicyclic) bond motifs is 1. The van der Waals surface area contributed by atoms with Gasteiger partial charge in [0.05, 0.1) is 5.69 Å². The van der Waals surface area contributed by atoms with Crippen molar-refractivity contribution in [2.75, 3.05) is 19.6 Å². The maximum Gasteiger partial charge on any atom is 0.268 e. The Kier molecular flexibility index (Phi) is 4.22. The van der Waals surface area contributed by atoms with Gasteiger partial charge < -0.3 is 5.32 Å². The van der Waals surface area contributed by atoms with Crippen LogP contribution in [-0.4, -0.2) is 39.8 Å². The van der Waals surface area contributed by atoms with Gasteiger partial charge in [-0.05, 0) is 99.8 Å². The first-order chi connectivity index (χ1) is 14.2. The average Bonchev–Trinajstić information content (AvgIpc) is 3.34. The van der Waals surface area contributed by atoms with Crippen LogP contribution >= 0.6 is 0 Å². The topological polar surface area (TPSA) is 49.6 Å². The van der Waals surface area contributed by atoms with Gasteiger partial charge in [0.15, 0.2) is 0 Å². The number of imidazole rings is 1. The second-order valence-electron chi connectivity index (χ2n) is 10.5. The third kappa shape index (κ3) is 3.27. The quantitative estimate of drug-likeness (QED) is 0.840. The minimum atomic E-state index is 0.0523. The molecule has 1 amide bonds. The molecule has 2 aromatic heterocycles. The first kappa shape index (κ1) is 17.9. The van der Waals surface area contributed by atoms with E-state index in [0.29, 0.717) is 11.1 Å². The Morgan fingerprint density at radius 1 is 1.07 bits per heavy atom. The highest BCUT2D eigenvalue weighted by Gasteiger charge is 2.50. The van der Waals surface area contributed by atoms with Gasteiger partial charge >= 0.3 is 0 Å². The van der Waals surface area contributed by atoms with E-state index in [1.54, 1.807) is 0 Å². The number of carbonyl (C=O) groups is 1. The molecule has 5 nitrogen and oxygen atoms in total. The second kappa shape index (κ2) is 6.83. The Hall–Kier alpha value is -1.88. The van der Waals surface area contributed by atoms with Crippen molar-refractivity contribution in [3.05, 3.63) is 35.8 Å². The molecule has 2 aromatic rings. The van der Waals surface area contributed by atoms with Crippen molar-refractivity contribution in [1.29, 1.82) is 0 Å². The van der Waals surface area contributed by atoms with E-state index in [1.807, 2.05) is 22.6 Å². The minimum Gasteiger partial charge on any atom is -0.350 e.